The maximum Gasteiger partial charge on any atom is 0.231 e. The van der Waals surface area contributed by atoms with Crippen molar-refractivity contribution in [2.45, 2.75) is 45.3 Å². The van der Waals surface area contributed by atoms with Crippen molar-refractivity contribution in [2.75, 3.05) is 27.5 Å². The van der Waals surface area contributed by atoms with E-state index in [0.29, 0.717) is 30.1 Å². The van der Waals surface area contributed by atoms with Gasteiger partial charge < -0.3 is 24.2 Å². The van der Waals surface area contributed by atoms with Gasteiger partial charge in [0.05, 0.1) is 18.9 Å². The van der Waals surface area contributed by atoms with E-state index in [2.05, 4.69) is 23.2 Å². The summed E-state index contributed by atoms with van der Waals surface area (Å²) in [6.45, 7) is 5.11. The highest BCUT2D eigenvalue weighted by molar-refractivity contribution is 5.87. The predicted octanol–water partition coefficient (Wildman–Crippen LogP) is 4.20. The smallest absolute Gasteiger partial charge is 0.231 e. The van der Waals surface area contributed by atoms with Crippen LogP contribution in [0.1, 0.15) is 43.0 Å². The minimum Gasteiger partial charge on any atom is -0.492 e. The molecule has 0 spiro atoms. The van der Waals surface area contributed by atoms with Crippen LogP contribution < -0.4 is 18.9 Å². The molecule has 4 rings (SSSR count). The van der Waals surface area contributed by atoms with E-state index in [9.17, 15) is 5.21 Å². The number of likely N-dealkylation sites (N-methyl/N-ethyl adjacent to an activating group) is 1. The van der Waals surface area contributed by atoms with E-state index >= 15 is 0 Å². The van der Waals surface area contributed by atoms with Crippen LogP contribution in [-0.4, -0.2) is 49.4 Å². The summed E-state index contributed by atoms with van der Waals surface area (Å²) < 4.78 is 22.8. The van der Waals surface area contributed by atoms with Crippen LogP contribution in [-0.2, 0) is 12.8 Å². The van der Waals surface area contributed by atoms with Gasteiger partial charge in [0.25, 0.3) is 0 Å². The van der Waals surface area contributed by atoms with E-state index in [-0.39, 0.29) is 18.9 Å². The van der Waals surface area contributed by atoms with Crippen LogP contribution >= 0.6 is 0 Å². The Morgan fingerprint density at radius 2 is 2.03 bits per heavy atom. The van der Waals surface area contributed by atoms with Crippen LogP contribution in [0.15, 0.2) is 35.5 Å². The van der Waals surface area contributed by atoms with Crippen LogP contribution in [0.5, 0.6) is 23.0 Å². The van der Waals surface area contributed by atoms with Crippen LogP contribution in [0.25, 0.3) is 0 Å². The molecule has 0 fully saturated rings. The Hall–Kier alpha value is -2.93. The van der Waals surface area contributed by atoms with Gasteiger partial charge in [0.1, 0.15) is 5.75 Å². The predicted molar refractivity (Wildman–Crippen MR) is 118 cm³/mol. The van der Waals surface area contributed by atoms with Crippen molar-refractivity contribution in [3.05, 3.63) is 47.0 Å². The molecule has 0 saturated carbocycles. The molecule has 7 heteroatoms. The lowest BCUT2D eigenvalue weighted by molar-refractivity contribution is 0.170. The fourth-order valence-corrected chi connectivity index (χ4v) is 4.35. The molecule has 1 N–H and O–H groups in total. The van der Waals surface area contributed by atoms with Crippen molar-refractivity contribution in [3.63, 3.8) is 0 Å². The van der Waals surface area contributed by atoms with Crippen molar-refractivity contribution in [1.82, 2.24) is 4.90 Å². The topological polar surface area (TPSA) is 72.8 Å². The molecule has 31 heavy (non-hydrogen) atoms. The van der Waals surface area contributed by atoms with E-state index in [1.165, 1.54) is 5.56 Å². The molecule has 0 aromatic heterocycles. The molecule has 0 aliphatic carbocycles. The normalized spacial score (nSPS) is 18.2. The Morgan fingerprint density at radius 3 is 2.71 bits per heavy atom. The van der Waals surface area contributed by atoms with Gasteiger partial charge in [-0.3, -0.25) is 4.90 Å². The van der Waals surface area contributed by atoms with Crippen molar-refractivity contribution in [1.29, 1.82) is 0 Å². The Balaban J connectivity index is 1.57. The van der Waals surface area contributed by atoms with Gasteiger partial charge in [-0.1, -0.05) is 17.3 Å². The summed E-state index contributed by atoms with van der Waals surface area (Å²) in [5.74, 6) is 2.94. The molecule has 0 amide bonds. The molecule has 0 saturated heterocycles. The lowest BCUT2D eigenvalue weighted by Crippen LogP contribution is -2.34. The number of hydrogen-bond donors (Lipinski definition) is 1. The van der Waals surface area contributed by atoms with E-state index < -0.39 is 0 Å². The van der Waals surface area contributed by atoms with Gasteiger partial charge in [-0.05, 0) is 56.6 Å². The Kier molecular flexibility index (Phi) is 6.23. The van der Waals surface area contributed by atoms with Gasteiger partial charge in [0, 0.05) is 31.0 Å². The monoisotopic (exact) mass is 426 g/mol. The lowest BCUT2D eigenvalue weighted by Gasteiger charge is -2.36. The number of rotatable bonds is 7. The van der Waals surface area contributed by atoms with Crippen LogP contribution in [0, 0.1) is 0 Å². The average Bonchev–Trinajstić information content (AvgIpc) is 3.22. The molecule has 2 aromatic rings. The second kappa shape index (κ2) is 9.06. The summed E-state index contributed by atoms with van der Waals surface area (Å²) >= 11 is 0. The first-order valence-corrected chi connectivity index (χ1v) is 10.6. The number of benzene rings is 2. The van der Waals surface area contributed by atoms with Gasteiger partial charge in [-0.15, -0.1) is 0 Å². The van der Waals surface area contributed by atoms with Crippen LogP contribution in [0.3, 0.4) is 0 Å². The number of ether oxygens (including phenoxy) is 4. The van der Waals surface area contributed by atoms with Crippen molar-refractivity contribution in [2.24, 2.45) is 5.16 Å². The fraction of sp³-hybridized carbons (Fsp3) is 0.458. The van der Waals surface area contributed by atoms with Crippen molar-refractivity contribution >= 4 is 5.71 Å². The third-order valence-corrected chi connectivity index (χ3v) is 5.82. The van der Waals surface area contributed by atoms with Gasteiger partial charge in [-0.2, -0.15) is 0 Å². The quantitative estimate of drug-likeness (QED) is 0.406. The first kappa shape index (κ1) is 21.3. The lowest BCUT2D eigenvalue weighted by atomic mass is 9.87. The second-order valence-corrected chi connectivity index (χ2v) is 8.32. The third kappa shape index (κ3) is 4.42. The molecule has 2 aliphatic rings. The minimum absolute atomic E-state index is 0.0163. The standard InChI is InChI=1S/C24H30N2O5/c1-15(2)31-19-7-5-16(6-8-19)11-18(25-27)13-20-22-17(9-10-26(20)3)12-21-23(24(22)28-4)30-14-29-21/h5-8,12,15,20,27H,9-11,13-14H2,1-4H3/t20-/m1/s1. The zero-order valence-electron chi connectivity index (χ0n) is 18.6. The SMILES string of the molecule is COc1c2c(cc3c1[C@@H](CC(Cc1ccc(OC(C)C)cc1)=NO)N(C)CC3)OCO2. The van der Waals surface area contributed by atoms with Gasteiger partial charge in [0.15, 0.2) is 11.5 Å². The number of methoxy groups -OCH3 is 1. The first-order valence-electron chi connectivity index (χ1n) is 10.6. The maximum absolute atomic E-state index is 9.78. The molecule has 7 nitrogen and oxygen atoms in total. The molecule has 166 valence electrons. The average molecular weight is 427 g/mol. The van der Waals surface area contributed by atoms with E-state index in [0.717, 1.165) is 35.6 Å². The molecular weight excluding hydrogens is 396 g/mol. The Morgan fingerprint density at radius 1 is 1.26 bits per heavy atom. The molecule has 0 radical (unpaired) electrons. The Bertz CT molecular complexity index is 955. The number of fused-ring (bicyclic) bond motifs is 2. The minimum atomic E-state index is 0.0163. The van der Waals surface area contributed by atoms with E-state index in [1.807, 2.05) is 38.1 Å². The Labute approximate surface area is 183 Å². The molecule has 2 heterocycles. The summed E-state index contributed by atoms with van der Waals surface area (Å²) in [6, 6.07) is 10.0. The molecule has 1 atom stereocenters. The largest absolute Gasteiger partial charge is 0.492 e. The zero-order chi connectivity index (χ0) is 22.0. The zero-order valence-corrected chi connectivity index (χ0v) is 18.6. The highest BCUT2D eigenvalue weighted by Gasteiger charge is 2.34. The number of nitrogens with zero attached hydrogens (tertiary/aromatic N) is 2. The summed E-state index contributed by atoms with van der Waals surface area (Å²) in [6.07, 6.45) is 2.18. The fourth-order valence-electron chi connectivity index (χ4n) is 4.35. The number of hydrogen-bond acceptors (Lipinski definition) is 7. The van der Waals surface area contributed by atoms with Crippen molar-refractivity contribution in [3.8, 4) is 23.0 Å². The van der Waals surface area contributed by atoms with Crippen LogP contribution in [0.2, 0.25) is 0 Å². The van der Waals surface area contributed by atoms with E-state index in [4.69, 9.17) is 18.9 Å². The molecule has 0 bridgehead atoms. The molecular formula is C24H30N2O5. The second-order valence-electron chi connectivity index (χ2n) is 8.32. The van der Waals surface area contributed by atoms with Crippen molar-refractivity contribution < 1.29 is 24.2 Å². The summed E-state index contributed by atoms with van der Waals surface area (Å²) in [5.41, 5.74) is 4.06. The van der Waals surface area contributed by atoms with Crippen LogP contribution in [0.4, 0.5) is 0 Å². The van der Waals surface area contributed by atoms with Gasteiger partial charge >= 0.3 is 0 Å². The molecule has 2 aliphatic heterocycles. The first-order chi connectivity index (χ1) is 15.0. The van der Waals surface area contributed by atoms with E-state index in [1.54, 1.807) is 7.11 Å². The summed E-state index contributed by atoms with van der Waals surface area (Å²) in [7, 11) is 3.75. The maximum atomic E-state index is 9.78. The highest BCUT2D eigenvalue weighted by Crippen LogP contribution is 2.50. The van der Waals surface area contributed by atoms with Gasteiger partial charge in [-0.25, -0.2) is 0 Å². The molecule has 0 unspecified atom stereocenters. The summed E-state index contributed by atoms with van der Waals surface area (Å²) in [5, 5.41) is 13.4. The highest BCUT2D eigenvalue weighted by atomic mass is 16.7. The third-order valence-electron chi connectivity index (χ3n) is 5.82. The summed E-state index contributed by atoms with van der Waals surface area (Å²) in [4.78, 5) is 2.28. The molecule has 2 aromatic carbocycles. The van der Waals surface area contributed by atoms with Gasteiger partial charge in [0.2, 0.25) is 12.5 Å². The number of oxime groups is 1.